The summed E-state index contributed by atoms with van der Waals surface area (Å²) in [5.74, 6) is -1.93. The molecule has 20 heavy (non-hydrogen) atoms. The van der Waals surface area contributed by atoms with Crippen LogP contribution in [0.2, 0.25) is 0 Å². The number of aryl methyl sites for hydroxylation is 1. The van der Waals surface area contributed by atoms with Crippen molar-refractivity contribution in [3.63, 3.8) is 0 Å². The molecule has 2 aromatic carbocycles. The van der Waals surface area contributed by atoms with Crippen molar-refractivity contribution in [3.8, 4) is 11.5 Å². The van der Waals surface area contributed by atoms with E-state index in [-0.39, 0.29) is 4.90 Å². The van der Waals surface area contributed by atoms with Gasteiger partial charge in [-0.2, -0.15) is 0 Å². The van der Waals surface area contributed by atoms with Crippen molar-refractivity contribution in [2.45, 2.75) is 16.7 Å². The van der Waals surface area contributed by atoms with Gasteiger partial charge in [-0.25, -0.2) is 8.42 Å². The van der Waals surface area contributed by atoms with Crippen LogP contribution in [0.1, 0.15) is 5.56 Å². The van der Waals surface area contributed by atoms with Gasteiger partial charge >= 0.3 is 0 Å². The number of hydrogen-bond donors (Lipinski definition) is 2. The van der Waals surface area contributed by atoms with E-state index >= 15 is 0 Å². The van der Waals surface area contributed by atoms with Gasteiger partial charge in [0.15, 0.2) is 5.75 Å². The van der Waals surface area contributed by atoms with Gasteiger partial charge in [0.2, 0.25) is 21.0 Å². The van der Waals surface area contributed by atoms with E-state index in [1.165, 1.54) is 18.2 Å². The van der Waals surface area contributed by atoms with Crippen molar-refractivity contribution in [1.82, 2.24) is 0 Å². The molecule has 0 aliphatic heterocycles. The Hall–Kier alpha value is -2.34. The van der Waals surface area contributed by atoms with Crippen molar-refractivity contribution >= 4 is 9.84 Å². The van der Waals surface area contributed by atoms with Gasteiger partial charge in [0, 0.05) is 0 Å². The van der Waals surface area contributed by atoms with Gasteiger partial charge in [-0.15, -0.1) is 0 Å². The summed E-state index contributed by atoms with van der Waals surface area (Å²) in [6.07, 6.45) is 0. The third kappa shape index (κ3) is 2.37. The van der Waals surface area contributed by atoms with E-state index < -0.39 is 31.7 Å². The van der Waals surface area contributed by atoms with Crippen LogP contribution in [0.15, 0.2) is 57.1 Å². The lowest BCUT2D eigenvalue weighted by atomic mass is 10.2. The average molecular weight is 292 g/mol. The second-order valence-electron chi connectivity index (χ2n) is 4.27. The maximum atomic E-state index is 12.4. The molecule has 0 saturated carbocycles. The van der Waals surface area contributed by atoms with Crippen LogP contribution in [-0.4, -0.2) is 18.6 Å². The third-order valence-corrected chi connectivity index (χ3v) is 4.61. The summed E-state index contributed by atoms with van der Waals surface area (Å²) in [7, 11) is -4.02. The lowest BCUT2D eigenvalue weighted by molar-refractivity contribution is 0.392. The molecule has 0 spiro atoms. The summed E-state index contributed by atoms with van der Waals surface area (Å²) in [5, 5.41) is 19.2. The van der Waals surface area contributed by atoms with E-state index in [4.69, 9.17) is 0 Å². The first-order chi connectivity index (χ1) is 9.34. The quantitative estimate of drug-likeness (QED) is 0.877. The molecule has 0 heterocycles. The molecule has 6 heteroatoms. The maximum Gasteiger partial charge on any atom is 0.224 e. The second kappa shape index (κ2) is 4.97. The number of hydrogen-bond acceptors (Lipinski definition) is 5. The fourth-order valence-corrected chi connectivity index (χ4v) is 3.03. The van der Waals surface area contributed by atoms with Gasteiger partial charge in [0.05, 0.1) is 4.90 Å². The Balaban J connectivity index is 2.74. The van der Waals surface area contributed by atoms with Gasteiger partial charge in [-0.3, -0.25) is 4.79 Å². The highest BCUT2D eigenvalue weighted by Gasteiger charge is 2.23. The minimum atomic E-state index is -4.02. The van der Waals surface area contributed by atoms with Crippen LogP contribution in [0, 0.1) is 6.92 Å². The van der Waals surface area contributed by atoms with E-state index in [1.54, 1.807) is 12.1 Å². The van der Waals surface area contributed by atoms with Gasteiger partial charge in [0.25, 0.3) is 0 Å². The largest absolute Gasteiger partial charge is 0.503 e. The standard InChI is InChI=1S/C14H12O5S/c1-9-5-7-10(8-6-9)20(18,19)12-4-2-3-11(15)13(16)14(12)17/h2-8H,1H3,(H2,15,16,17). The molecule has 2 N–H and O–H groups in total. The van der Waals surface area contributed by atoms with Gasteiger partial charge in [-0.1, -0.05) is 23.8 Å². The second-order valence-corrected chi connectivity index (χ2v) is 6.19. The van der Waals surface area contributed by atoms with Crippen molar-refractivity contribution in [1.29, 1.82) is 0 Å². The molecule has 2 rings (SSSR count). The summed E-state index contributed by atoms with van der Waals surface area (Å²) < 4.78 is 24.8. The predicted molar refractivity (Wildman–Crippen MR) is 72.7 cm³/mol. The van der Waals surface area contributed by atoms with Crippen LogP contribution in [0.5, 0.6) is 11.5 Å². The lowest BCUT2D eigenvalue weighted by Gasteiger charge is -2.05. The highest BCUT2D eigenvalue weighted by atomic mass is 32.2. The highest BCUT2D eigenvalue weighted by molar-refractivity contribution is 7.91. The van der Waals surface area contributed by atoms with E-state index in [1.807, 2.05) is 6.92 Å². The molecule has 0 amide bonds. The maximum absolute atomic E-state index is 12.4. The zero-order valence-electron chi connectivity index (χ0n) is 10.6. The molecule has 2 aromatic rings. The Morgan fingerprint density at radius 1 is 0.900 bits per heavy atom. The molecule has 0 saturated heterocycles. The van der Waals surface area contributed by atoms with Crippen molar-refractivity contribution < 1.29 is 18.6 Å². The zero-order chi connectivity index (χ0) is 14.9. The van der Waals surface area contributed by atoms with E-state index in [0.717, 1.165) is 17.7 Å². The molecule has 0 radical (unpaired) electrons. The molecule has 0 aliphatic rings. The van der Waals surface area contributed by atoms with E-state index in [9.17, 15) is 23.4 Å². The Kier molecular flexibility index (Phi) is 3.50. The minimum absolute atomic E-state index is 0.0311. The first-order valence-electron chi connectivity index (χ1n) is 5.71. The molecule has 0 atom stereocenters. The molecular formula is C14H12O5S. The number of sulfone groups is 1. The Morgan fingerprint density at radius 3 is 2.10 bits per heavy atom. The molecule has 0 aromatic heterocycles. The van der Waals surface area contributed by atoms with E-state index in [0.29, 0.717) is 0 Å². The summed E-state index contributed by atoms with van der Waals surface area (Å²) in [6, 6.07) is 9.24. The third-order valence-electron chi connectivity index (χ3n) is 2.81. The van der Waals surface area contributed by atoms with Crippen LogP contribution >= 0.6 is 0 Å². The average Bonchev–Trinajstić information content (AvgIpc) is 2.53. The predicted octanol–water partition coefficient (Wildman–Crippen LogP) is 1.60. The van der Waals surface area contributed by atoms with Crippen molar-refractivity contribution in [3.05, 3.63) is 58.3 Å². The monoisotopic (exact) mass is 292 g/mol. The molecule has 0 fully saturated rings. The van der Waals surface area contributed by atoms with Crippen LogP contribution in [0.25, 0.3) is 0 Å². The fourth-order valence-electron chi connectivity index (χ4n) is 1.68. The summed E-state index contributed by atoms with van der Waals surface area (Å²) in [5.41, 5.74) is 0.0318. The highest BCUT2D eigenvalue weighted by Crippen LogP contribution is 2.32. The van der Waals surface area contributed by atoms with E-state index in [2.05, 4.69) is 0 Å². The fraction of sp³-hybridized carbons (Fsp3) is 0.0714. The van der Waals surface area contributed by atoms with Gasteiger partial charge in [-0.05, 0) is 31.2 Å². The van der Waals surface area contributed by atoms with Crippen molar-refractivity contribution in [2.24, 2.45) is 0 Å². The molecule has 5 nitrogen and oxygen atoms in total. The zero-order valence-corrected chi connectivity index (χ0v) is 11.4. The topological polar surface area (TPSA) is 91.7 Å². The Bertz CT molecular complexity index is 808. The first kappa shape index (κ1) is 14.1. The number of aromatic hydroxyl groups is 2. The SMILES string of the molecule is Cc1ccc(S(=O)(=O)c2cccc(=O)c(O)c2O)cc1. The molecule has 0 unspecified atom stereocenters. The summed E-state index contributed by atoms with van der Waals surface area (Å²) in [6.45, 7) is 1.81. The summed E-state index contributed by atoms with van der Waals surface area (Å²) >= 11 is 0. The minimum Gasteiger partial charge on any atom is -0.503 e. The Labute approximate surface area is 115 Å². The van der Waals surface area contributed by atoms with Crippen LogP contribution in [-0.2, 0) is 9.84 Å². The molecule has 0 bridgehead atoms. The van der Waals surface area contributed by atoms with Crippen LogP contribution in [0.3, 0.4) is 0 Å². The van der Waals surface area contributed by atoms with Crippen LogP contribution in [0.4, 0.5) is 0 Å². The number of benzene rings is 1. The number of rotatable bonds is 2. The van der Waals surface area contributed by atoms with Gasteiger partial charge in [0.1, 0.15) is 4.90 Å². The normalized spacial score (nSPS) is 11.2. The lowest BCUT2D eigenvalue weighted by Crippen LogP contribution is -2.02. The molecule has 104 valence electrons. The Morgan fingerprint density at radius 2 is 1.50 bits per heavy atom. The van der Waals surface area contributed by atoms with Crippen LogP contribution < -0.4 is 5.43 Å². The molecular weight excluding hydrogens is 280 g/mol. The van der Waals surface area contributed by atoms with Gasteiger partial charge < -0.3 is 10.2 Å². The smallest absolute Gasteiger partial charge is 0.224 e. The summed E-state index contributed by atoms with van der Waals surface area (Å²) in [4.78, 5) is 10.8. The van der Waals surface area contributed by atoms with Crippen molar-refractivity contribution in [2.75, 3.05) is 0 Å². The molecule has 0 aliphatic carbocycles. The first-order valence-corrected chi connectivity index (χ1v) is 7.19.